The van der Waals surface area contributed by atoms with Crippen molar-refractivity contribution >= 4 is 64.0 Å². The largest absolute Gasteiger partial charge is 0.761 e. The zero-order valence-electron chi connectivity index (χ0n) is 71.7. The molecule has 9 aromatic rings. The molecular weight excluding hydrogens is 1740 g/mol. The van der Waals surface area contributed by atoms with Gasteiger partial charge in [0.1, 0.15) is 84.1 Å². The number of carbonyl (C=O) groups excluding carboxylic acids is 3. The molecule has 43 nitrogen and oxygen atoms in total. The molecule has 46 heteroatoms. The molecule has 0 amide bonds. The Balaban J connectivity index is 0.000000201. The van der Waals surface area contributed by atoms with E-state index in [1.165, 1.54) is 76.5 Å². The molecule has 3 saturated heterocycles. The van der Waals surface area contributed by atoms with E-state index in [2.05, 4.69) is 93.6 Å². The number of hydrogen-bond acceptors (Lipinski definition) is 35. The Morgan fingerprint density at radius 3 is 1.40 bits per heavy atom. The van der Waals surface area contributed by atoms with Gasteiger partial charge in [0.2, 0.25) is 23.2 Å². The van der Waals surface area contributed by atoms with Gasteiger partial charge in [0.05, 0.1) is 50.1 Å². The predicted molar refractivity (Wildman–Crippen MR) is 460 cm³/mol. The van der Waals surface area contributed by atoms with Crippen LogP contribution in [0, 0.1) is 56.3 Å². The summed E-state index contributed by atoms with van der Waals surface area (Å²) in [5.74, 6) is 15.1. The van der Waals surface area contributed by atoms with Gasteiger partial charge in [-0.1, -0.05) is 73.6 Å². The van der Waals surface area contributed by atoms with Crippen LogP contribution in [0.4, 0.5) is 22.9 Å². The molecule has 3 aliphatic rings. The molecule has 0 spiro atoms. The molecule has 690 valence electrons. The zero-order valence-corrected chi connectivity index (χ0v) is 74.4. The highest BCUT2D eigenvalue weighted by atomic mass is 31.2. The second kappa shape index (κ2) is 45.8. The molecule has 0 bridgehead atoms. The number of hydrogen-bond donors (Lipinski definition) is 10. The Bertz CT molecular complexity index is 5840. The first-order chi connectivity index (χ1) is 61.5. The highest BCUT2D eigenvalue weighted by Crippen LogP contribution is 2.44. The number of aliphatic hydroxyl groups excluding tert-OH is 3. The van der Waals surface area contributed by atoms with Crippen molar-refractivity contribution < 1.29 is 100 Å². The van der Waals surface area contributed by atoms with Crippen LogP contribution in [-0.4, -0.2) is 194 Å². The molecule has 3 aliphatic heterocycles. The van der Waals surface area contributed by atoms with Crippen LogP contribution in [0.2, 0.25) is 0 Å². The van der Waals surface area contributed by atoms with Crippen molar-refractivity contribution in [3.05, 3.63) is 231 Å². The van der Waals surface area contributed by atoms with E-state index >= 15 is 0 Å². The average Bonchev–Trinajstić information content (AvgIpc) is 1.68. The first-order valence-corrected chi connectivity index (χ1v) is 45.0. The third-order valence-electron chi connectivity index (χ3n) is 20.4. The highest BCUT2D eigenvalue weighted by Gasteiger charge is 2.40. The summed E-state index contributed by atoms with van der Waals surface area (Å²) in [4.78, 5) is 156. The zero-order chi connectivity index (χ0) is 93.4. The molecule has 6 aromatic heterocycles. The van der Waals surface area contributed by atoms with Crippen LogP contribution < -0.4 is 69.9 Å². The van der Waals surface area contributed by atoms with Gasteiger partial charge in [-0.25, -0.2) is 29.3 Å². The number of nitrogens with one attached hydrogen (secondary N) is 6. The van der Waals surface area contributed by atoms with Crippen LogP contribution in [0.3, 0.4) is 0 Å². The van der Waals surface area contributed by atoms with Crippen LogP contribution in [0.5, 0.6) is 0 Å². The number of aromatic nitrogens is 12. The fraction of sp³-hybridized carbons (Fsp3) is 0.422. The number of ether oxygens (including phenoxy) is 6. The fourth-order valence-corrected chi connectivity index (χ4v) is 16.6. The van der Waals surface area contributed by atoms with Crippen LogP contribution >= 0.6 is 23.2 Å². The molecule has 129 heavy (non-hydrogen) atoms. The Morgan fingerprint density at radius 2 is 0.953 bits per heavy atom. The molecule has 3 aromatic carbocycles. The number of imidazole rings is 3. The van der Waals surface area contributed by atoms with E-state index in [9.17, 15) is 82.1 Å². The summed E-state index contributed by atoms with van der Waals surface area (Å²) in [7, 11) is -6.47. The van der Waals surface area contributed by atoms with Crippen molar-refractivity contribution in [2.45, 2.75) is 167 Å². The number of nitrogen functional groups attached to an aromatic ring is 1. The van der Waals surface area contributed by atoms with Crippen molar-refractivity contribution in [1.82, 2.24) is 61.9 Å². The number of nitrogens with zero attached hydrogens (tertiary/aromatic N) is 10. The Hall–Kier alpha value is -12.0. The SMILES string of the molecule is CCc1cc(CCC(=O)OCC#Cc2cn([C@H]3CC(O)[C@@H](COP(=O)([O-])n4ccnc4C)O3)c(=O)[nH]c2=O)cc(NC)c1.CCc1cc(COC(=O)CCC#Cc2cn([C@H]3CC(O)[C@@H](COP(=O)([O-])n4ccnc4C)O3)c(=O)[nH]c2=O)cc(NC)c1.CNc1ccc(CC(NC)C(=O)OCC#Cc2cn([C@H]3CC(O)[C@@H](COP(=O)([O-])n4ccnc4C)O3)c(=O)nc2N)cc1. The van der Waals surface area contributed by atoms with E-state index < -0.39 is 151 Å². The second-order valence-electron chi connectivity index (χ2n) is 29.3. The van der Waals surface area contributed by atoms with Gasteiger partial charge in [-0.15, -0.1) is 0 Å². The second-order valence-corrected chi connectivity index (χ2v) is 34.2. The van der Waals surface area contributed by atoms with Crippen molar-refractivity contribution in [2.24, 2.45) is 0 Å². The van der Waals surface area contributed by atoms with Gasteiger partial charge in [-0.2, -0.15) is 4.98 Å². The number of H-pyrrole nitrogens is 2. The molecule has 3 fully saturated rings. The van der Waals surface area contributed by atoms with Crippen molar-refractivity contribution in [3.63, 3.8) is 0 Å². The third kappa shape index (κ3) is 27.3. The van der Waals surface area contributed by atoms with Gasteiger partial charge >= 0.3 is 35.0 Å². The monoisotopic (exact) mass is 1840 g/mol. The fourth-order valence-electron chi connectivity index (χ4n) is 13.3. The number of aliphatic hydroxyl groups is 3. The first kappa shape index (κ1) is 99.2. The summed E-state index contributed by atoms with van der Waals surface area (Å²) in [5, 5.41) is 43.5. The minimum absolute atomic E-state index is 0.00131. The normalized spacial score (nSPS) is 19.6. The van der Waals surface area contributed by atoms with Crippen LogP contribution in [-0.2, 0) is 102 Å². The molecule has 0 saturated carbocycles. The summed E-state index contributed by atoms with van der Waals surface area (Å²) in [6, 6.07) is 19.0. The average molecular weight is 1840 g/mol. The first-order valence-electron chi connectivity index (χ1n) is 40.5. The minimum atomic E-state index is -4.54. The predicted octanol–water partition coefficient (Wildman–Crippen LogP) is 1.84. The topological polar surface area (TPSA) is 588 Å². The van der Waals surface area contributed by atoms with E-state index in [0.717, 1.165) is 84.4 Å². The summed E-state index contributed by atoms with van der Waals surface area (Å²) in [6.45, 7) is 6.70. The number of benzene rings is 3. The maximum Gasteiger partial charge on any atom is 0.351 e. The van der Waals surface area contributed by atoms with E-state index in [1.807, 2.05) is 88.7 Å². The lowest BCUT2D eigenvalue weighted by atomic mass is 10.0. The van der Waals surface area contributed by atoms with Crippen LogP contribution in [0.1, 0.15) is 133 Å². The smallest absolute Gasteiger partial charge is 0.351 e. The van der Waals surface area contributed by atoms with Gasteiger partial charge in [-0.05, 0) is 118 Å². The van der Waals surface area contributed by atoms with Gasteiger partial charge < -0.3 is 99.0 Å². The molecule has 11 N–H and O–H groups in total. The summed E-state index contributed by atoms with van der Waals surface area (Å²) in [6.07, 6.45) is 4.38. The number of esters is 3. The van der Waals surface area contributed by atoms with Gasteiger partial charge in [0.15, 0.2) is 13.2 Å². The van der Waals surface area contributed by atoms with Crippen LogP contribution in [0.25, 0.3) is 0 Å². The third-order valence-corrected chi connectivity index (χ3v) is 24.7. The highest BCUT2D eigenvalue weighted by molar-refractivity contribution is 7.50. The van der Waals surface area contributed by atoms with Gasteiger partial charge in [0, 0.05) is 126 Å². The molecule has 0 radical (unpaired) electrons. The Labute approximate surface area is 738 Å². The number of rotatable bonds is 33. The quantitative estimate of drug-likeness (QED) is 0.0121. The lowest BCUT2D eigenvalue weighted by Crippen LogP contribution is -2.37. The molecule has 9 heterocycles. The molecule has 0 aliphatic carbocycles. The van der Waals surface area contributed by atoms with Crippen molar-refractivity contribution in [2.75, 3.05) is 82.9 Å². The summed E-state index contributed by atoms with van der Waals surface area (Å²) >= 11 is 0. The maximum absolute atomic E-state index is 12.6. The van der Waals surface area contributed by atoms with E-state index in [-0.39, 0.29) is 98.3 Å². The van der Waals surface area contributed by atoms with Gasteiger partial charge in [-0.3, -0.25) is 74.3 Å². The van der Waals surface area contributed by atoms with Crippen molar-refractivity contribution in [3.8, 4) is 35.5 Å². The molecule has 13 atom stereocenters. The number of carbonyl (C=O) groups is 3. The lowest BCUT2D eigenvalue weighted by molar-refractivity contribution is -0.206. The molecule has 7 unspecified atom stereocenters. The number of nitrogens with two attached hydrogens (primary N) is 1. The number of aromatic amines is 2. The van der Waals surface area contributed by atoms with Gasteiger partial charge in [0.25, 0.3) is 11.1 Å². The lowest BCUT2D eigenvalue weighted by Gasteiger charge is -2.27. The van der Waals surface area contributed by atoms with E-state index in [4.69, 9.17) is 47.7 Å². The number of anilines is 4. The van der Waals surface area contributed by atoms with E-state index in [0.29, 0.717) is 12.8 Å². The summed E-state index contributed by atoms with van der Waals surface area (Å²) < 4.78 is 91.2. The standard InChI is InChI=1S/2C28H34N5O9P.C27H34N7O8P/c1-4-19-12-20(14-22(13-19)29-3)7-8-26(35)40-11-5-6-21-16-32(28(37)31-27(21)36)25-15-23(34)24(42-25)17-41-43(38,39)33-10-9-30-18(33)2;1-4-19-11-20(13-22(12-19)29-3)16-40-26(35)8-6-5-7-21-15-32(28(37)31-27(21)36)25-14-23(34)24(42-25)17-41-43(38,39)33-10-9-30-18(33)2;1-17-31-10-11-34(17)43(38,39)41-16-23-22(35)14-24(42-23)33-15-19(25(28)32-27(33)37)5-4-12-40-26(36)21(30-3)13-18-6-8-20(29-2)9-7-18/h9-10,12-14,16,23-25,29,34H,4,7-8,11,15,17H2,1-3H3,(H,38,39)(H,31,36,37);9-13,15,23-25,29,34H,4,6,8,14,16-17H2,1-3H3,(H,38,39)(H,31,36,37);6-11,15,21-24,29-30,35H,12-14,16H2,1-3H3,(H,38,39)(H2,28,32,37)/p-3/t2*23?,24-,25-;21?,22?,23-,24-/m111/s1. The van der Waals surface area contributed by atoms with Crippen LogP contribution in [0.15, 0.2) is 140 Å². The Kier molecular flexibility index (Phi) is 35.2. The molecule has 12 rings (SSSR count). The summed E-state index contributed by atoms with van der Waals surface area (Å²) in [5.41, 5.74) is 10.0. The Morgan fingerprint density at radius 1 is 0.543 bits per heavy atom. The number of aryl methyl sites for hydroxylation is 6. The number of likely N-dealkylation sites (N-methyl/N-ethyl adjacent to an activating group) is 1. The minimum Gasteiger partial charge on any atom is -0.761 e. The van der Waals surface area contributed by atoms with Crippen molar-refractivity contribution in [1.29, 1.82) is 0 Å². The van der Waals surface area contributed by atoms with E-state index in [1.54, 1.807) is 7.05 Å². The maximum atomic E-state index is 12.6. The molecular formula is C83H99N17O26P3-3.